The summed E-state index contributed by atoms with van der Waals surface area (Å²) in [4.78, 5) is 10.7. The zero-order valence-electron chi connectivity index (χ0n) is 17.2. The van der Waals surface area contributed by atoms with Gasteiger partial charge in [-0.05, 0) is 51.8 Å². The maximum atomic E-state index is 13.5. The van der Waals surface area contributed by atoms with Gasteiger partial charge in [0, 0.05) is 6.42 Å². The van der Waals surface area contributed by atoms with Gasteiger partial charge in [0.1, 0.15) is 5.82 Å². The van der Waals surface area contributed by atoms with E-state index in [4.69, 9.17) is 5.11 Å². The van der Waals surface area contributed by atoms with Crippen LogP contribution in [0.4, 0.5) is 4.39 Å². The lowest BCUT2D eigenvalue weighted by atomic mass is 9.68. The van der Waals surface area contributed by atoms with E-state index in [9.17, 15) is 19.4 Å². The number of aliphatic hydroxyl groups is 2. The Hall–Kier alpha value is -2.76. The van der Waals surface area contributed by atoms with Crippen molar-refractivity contribution in [3.05, 3.63) is 88.8 Å². The highest BCUT2D eigenvalue weighted by atomic mass is 19.1. The van der Waals surface area contributed by atoms with E-state index >= 15 is 0 Å². The predicted molar refractivity (Wildman–Crippen MR) is 114 cm³/mol. The van der Waals surface area contributed by atoms with E-state index in [0.29, 0.717) is 0 Å². The van der Waals surface area contributed by atoms with Crippen molar-refractivity contribution in [1.82, 2.24) is 0 Å². The Kier molecular flexibility index (Phi) is 6.54. The molecule has 3 N–H and O–H groups in total. The van der Waals surface area contributed by atoms with Gasteiger partial charge in [-0.3, -0.25) is 4.79 Å². The highest BCUT2D eigenvalue weighted by Crippen LogP contribution is 2.45. The minimum atomic E-state index is -1.12. The zero-order valence-corrected chi connectivity index (χ0v) is 17.2. The molecule has 3 rings (SSSR count). The van der Waals surface area contributed by atoms with Crippen LogP contribution in [-0.2, 0) is 11.2 Å². The van der Waals surface area contributed by atoms with Crippen LogP contribution in [0.2, 0.25) is 0 Å². The van der Waals surface area contributed by atoms with Crippen molar-refractivity contribution in [1.29, 1.82) is 0 Å². The van der Waals surface area contributed by atoms with E-state index in [2.05, 4.69) is 19.9 Å². The standard InChI is InChI=1S/C25H27FO4/c1-25(2)15-17-5-3-4-6-21(17)24(16-7-9-18(26)10-8-16)22(25)12-11-19(27)13-20(28)14-23(29)30/h3-12,19-20,27-28H,13-15H2,1-2H3,(H,29,30)/b12-11+. The van der Waals surface area contributed by atoms with Gasteiger partial charge < -0.3 is 15.3 Å². The Morgan fingerprint density at radius 3 is 2.47 bits per heavy atom. The molecular weight excluding hydrogens is 383 g/mol. The topological polar surface area (TPSA) is 77.8 Å². The van der Waals surface area contributed by atoms with Gasteiger partial charge in [0.15, 0.2) is 0 Å². The molecule has 4 nitrogen and oxygen atoms in total. The van der Waals surface area contributed by atoms with Crippen molar-refractivity contribution in [2.24, 2.45) is 5.41 Å². The van der Waals surface area contributed by atoms with Gasteiger partial charge in [0.2, 0.25) is 0 Å². The van der Waals surface area contributed by atoms with Crippen LogP contribution in [0.3, 0.4) is 0 Å². The van der Waals surface area contributed by atoms with Gasteiger partial charge in [0.05, 0.1) is 18.6 Å². The van der Waals surface area contributed by atoms with Crippen LogP contribution in [0.25, 0.3) is 5.57 Å². The number of aliphatic carboxylic acids is 1. The number of rotatable bonds is 7. The summed E-state index contributed by atoms with van der Waals surface area (Å²) in [6.07, 6.45) is 1.70. The molecule has 0 saturated heterocycles. The maximum Gasteiger partial charge on any atom is 0.305 e. The molecule has 5 heteroatoms. The van der Waals surface area contributed by atoms with Crippen LogP contribution in [0.15, 0.2) is 66.3 Å². The Labute approximate surface area is 176 Å². The number of carbonyl (C=O) groups is 1. The van der Waals surface area contributed by atoms with Gasteiger partial charge in [-0.25, -0.2) is 4.39 Å². The van der Waals surface area contributed by atoms with E-state index in [1.165, 1.54) is 17.7 Å². The summed E-state index contributed by atoms with van der Waals surface area (Å²) >= 11 is 0. The molecule has 2 unspecified atom stereocenters. The fourth-order valence-electron chi connectivity index (χ4n) is 4.06. The number of fused-ring (bicyclic) bond motifs is 1. The SMILES string of the molecule is CC1(C)Cc2ccccc2C(c2ccc(F)cc2)=C1/C=C/C(O)CC(O)CC(=O)O. The maximum absolute atomic E-state index is 13.5. The van der Waals surface area contributed by atoms with Crippen molar-refractivity contribution >= 4 is 11.5 Å². The van der Waals surface area contributed by atoms with Gasteiger partial charge >= 0.3 is 5.97 Å². The van der Waals surface area contributed by atoms with Crippen molar-refractivity contribution in [3.63, 3.8) is 0 Å². The molecule has 1 aliphatic rings. The van der Waals surface area contributed by atoms with E-state index in [-0.39, 0.29) is 17.7 Å². The lowest BCUT2D eigenvalue weighted by Crippen LogP contribution is -2.24. The molecule has 0 amide bonds. The number of carboxylic acid groups (broad SMARTS) is 1. The van der Waals surface area contributed by atoms with Gasteiger partial charge in [-0.1, -0.05) is 62.4 Å². The van der Waals surface area contributed by atoms with E-state index in [1.54, 1.807) is 18.2 Å². The summed E-state index contributed by atoms with van der Waals surface area (Å²) < 4.78 is 13.5. The van der Waals surface area contributed by atoms with Crippen molar-refractivity contribution in [2.45, 2.75) is 45.3 Å². The molecule has 0 aliphatic heterocycles. The molecule has 0 heterocycles. The number of carboxylic acids is 1. The fraction of sp³-hybridized carbons (Fsp3) is 0.320. The molecule has 0 aromatic heterocycles. The monoisotopic (exact) mass is 410 g/mol. The second-order valence-corrected chi connectivity index (χ2v) is 8.43. The molecule has 30 heavy (non-hydrogen) atoms. The Balaban J connectivity index is 2.03. The molecule has 2 aromatic rings. The average Bonchev–Trinajstić information content (AvgIpc) is 2.65. The molecule has 2 aromatic carbocycles. The molecular formula is C25H27FO4. The fourth-order valence-corrected chi connectivity index (χ4v) is 4.06. The van der Waals surface area contributed by atoms with Gasteiger partial charge in [0.25, 0.3) is 0 Å². The number of benzene rings is 2. The third-order valence-electron chi connectivity index (χ3n) is 5.46. The van der Waals surface area contributed by atoms with Crippen molar-refractivity contribution < 1.29 is 24.5 Å². The first kappa shape index (κ1) is 21.9. The highest BCUT2D eigenvalue weighted by molar-refractivity contribution is 5.87. The molecule has 0 spiro atoms. The Bertz CT molecular complexity index is 973. The van der Waals surface area contributed by atoms with Gasteiger partial charge in [-0.2, -0.15) is 0 Å². The van der Waals surface area contributed by atoms with Crippen LogP contribution in [0.5, 0.6) is 0 Å². The highest BCUT2D eigenvalue weighted by Gasteiger charge is 2.32. The molecule has 0 bridgehead atoms. The number of halogens is 1. The van der Waals surface area contributed by atoms with Gasteiger partial charge in [-0.15, -0.1) is 0 Å². The summed E-state index contributed by atoms with van der Waals surface area (Å²) in [7, 11) is 0. The molecule has 0 fully saturated rings. The molecule has 0 saturated carbocycles. The number of hydrogen-bond donors (Lipinski definition) is 3. The van der Waals surface area contributed by atoms with Crippen LogP contribution in [-0.4, -0.2) is 33.5 Å². The number of allylic oxidation sites excluding steroid dienone is 2. The minimum Gasteiger partial charge on any atom is -0.481 e. The summed E-state index contributed by atoms with van der Waals surface area (Å²) in [6.45, 7) is 4.25. The summed E-state index contributed by atoms with van der Waals surface area (Å²) in [5.74, 6) is -1.41. The second kappa shape index (κ2) is 8.94. The minimum absolute atomic E-state index is 0.0566. The molecule has 2 atom stereocenters. The first-order chi connectivity index (χ1) is 14.2. The summed E-state index contributed by atoms with van der Waals surface area (Å²) in [6, 6.07) is 14.5. The predicted octanol–water partition coefficient (Wildman–Crippen LogP) is 4.35. The first-order valence-electron chi connectivity index (χ1n) is 10.0. The van der Waals surface area contributed by atoms with E-state index in [1.807, 2.05) is 24.3 Å². The molecule has 158 valence electrons. The third kappa shape index (κ3) is 5.04. The largest absolute Gasteiger partial charge is 0.481 e. The van der Waals surface area contributed by atoms with Crippen LogP contribution >= 0.6 is 0 Å². The Morgan fingerprint density at radius 1 is 1.13 bits per heavy atom. The van der Waals surface area contributed by atoms with Crippen LogP contribution < -0.4 is 0 Å². The third-order valence-corrected chi connectivity index (χ3v) is 5.46. The number of hydrogen-bond acceptors (Lipinski definition) is 3. The second-order valence-electron chi connectivity index (χ2n) is 8.43. The summed E-state index contributed by atoms with van der Waals surface area (Å²) in [5, 5.41) is 28.9. The van der Waals surface area contributed by atoms with Crippen LogP contribution in [0.1, 0.15) is 43.4 Å². The zero-order chi connectivity index (χ0) is 21.9. The van der Waals surface area contributed by atoms with E-state index in [0.717, 1.165) is 28.7 Å². The lowest BCUT2D eigenvalue weighted by molar-refractivity contribution is -0.139. The van der Waals surface area contributed by atoms with Crippen LogP contribution in [0, 0.1) is 11.2 Å². The molecule has 1 aliphatic carbocycles. The van der Waals surface area contributed by atoms with Crippen molar-refractivity contribution in [2.75, 3.05) is 0 Å². The average molecular weight is 410 g/mol. The number of aliphatic hydroxyl groups excluding tert-OH is 2. The normalized spacial score (nSPS) is 17.6. The summed E-state index contributed by atoms with van der Waals surface area (Å²) in [5.41, 5.74) is 4.90. The molecule has 0 radical (unpaired) electrons. The van der Waals surface area contributed by atoms with Crippen molar-refractivity contribution in [3.8, 4) is 0 Å². The van der Waals surface area contributed by atoms with E-state index < -0.39 is 24.6 Å². The lowest BCUT2D eigenvalue weighted by Gasteiger charge is -2.36. The smallest absolute Gasteiger partial charge is 0.305 e. The quantitative estimate of drug-likeness (QED) is 0.634. The Morgan fingerprint density at radius 2 is 1.80 bits per heavy atom. The first-order valence-corrected chi connectivity index (χ1v) is 10.0.